The first kappa shape index (κ1) is 17.7. The predicted molar refractivity (Wildman–Crippen MR) is 95.3 cm³/mol. The topological polar surface area (TPSA) is 119 Å². The molecule has 1 aromatic carbocycles. The molecule has 0 aliphatic carbocycles. The Labute approximate surface area is 150 Å². The van der Waals surface area contributed by atoms with Gasteiger partial charge in [0.25, 0.3) is 0 Å². The third-order valence-electron chi connectivity index (χ3n) is 4.34. The Morgan fingerprint density at radius 2 is 2.19 bits per heavy atom. The highest BCUT2D eigenvalue weighted by atomic mass is 16.2. The molecule has 0 saturated carbocycles. The molecule has 4 amide bonds. The van der Waals surface area contributed by atoms with E-state index in [9.17, 15) is 14.4 Å². The number of carbonyl (C=O) groups is 3. The Morgan fingerprint density at radius 1 is 1.38 bits per heavy atom. The minimum Gasteiger partial charge on any atom is -0.359 e. The number of fused-ring (bicyclic) bond motifs is 1. The van der Waals surface area contributed by atoms with Crippen molar-refractivity contribution in [3.8, 4) is 0 Å². The maximum atomic E-state index is 12.5. The van der Waals surface area contributed by atoms with E-state index in [2.05, 4.69) is 25.9 Å². The largest absolute Gasteiger partial charge is 0.359 e. The summed E-state index contributed by atoms with van der Waals surface area (Å²) in [6.07, 6.45) is -0.0698. The van der Waals surface area contributed by atoms with Crippen LogP contribution in [0.5, 0.6) is 0 Å². The molecule has 4 N–H and O–H groups in total. The van der Waals surface area contributed by atoms with E-state index in [-0.39, 0.29) is 24.8 Å². The van der Waals surface area contributed by atoms with E-state index in [0.29, 0.717) is 18.9 Å². The number of nitrogens with zero attached hydrogens (tertiary/aromatic N) is 2. The molecule has 2 aromatic rings. The lowest BCUT2D eigenvalue weighted by molar-refractivity contribution is -0.132. The first-order chi connectivity index (χ1) is 12.5. The first-order valence-corrected chi connectivity index (χ1v) is 8.46. The maximum absolute atomic E-state index is 12.5. The van der Waals surface area contributed by atoms with Crippen LogP contribution >= 0.6 is 0 Å². The molecule has 9 nitrogen and oxygen atoms in total. The van der Waals surface area contributed by atoms with E-state index in [1.807, 2.05) is 25.1 Å². The van der Waals surface area contributed by atoms with Gasteiger partial charge >= 0.3 is 6.03 Å². The van der Waals surface area contributed by atoms with Gasteiger partial charge < -0.3 is 25.8 Å². The highest BCUT2D eigenvalue weighted by Crippen LogP contribution is 2.14. The van der Waals surface area contributed by atoms with Gasteiger partial charge in [-0.1, -0.05) is 6.07 Å². The Morgan fingerprint density at radius 3 is 2.96 bits per heavy atom. The van der Waals surface area contributed by atoms with Gasteiger partial charge in [-0.2, -0.15) is 0 Å². The van der Waals surface area contributed by atoms with Gasteiger partial charge in [-0.25, -0.2) is 9.78 Å². The number of hydrogen-bond acceptors (Lipinski definition) is 4. The SMILES string of the molecule is CNC(=O)C[C@@H]1C(=O)NCCN1C(=O)NCc1nc2ccc(C)cc2[nH]1. The van der Waals surface area contributed by atoms with E-state index >= 15 is 0 Å². The Kier molecular flexibility index (Phi) is 5.06. The first-order valence-electron chi connectivity index (χ1n) is 8.46. The highest BCUT2D eigenvalue weighted by molar-refractivity contribution is 5.92. The second-order valence-corrected chi connectivity index (χ2v) is 6.24. The standard InChI is InChI=1S/C17H22N6O3/c1-10-3-4-11-12(7-10)22-14(21-11)9-20-17(26)23-6-5-19-16(25)13(23)8-15(24)18-2/h3-4,7,13H,5-6,8-9H2,1-2H3,(H,18,24)(H,19,25)(H,20,26)(H,21,22)/t13-/m1/s1. The number of amides is 4. The van der Waals surface area contributed by atoms with Gasteiger partial charge in [0.05, 0.1) is 24.0 Å². The van der Waals surface area contributed by atoms with Crippen LogP contribution in [-0.4, -0.2) is 58.9 Å². The summed E-state index contributed by atoms with van der Waals surface area (Å²) in [5, 5.41) is 7.93. The summed E-state index contributed by atoms with van der Waals surface area (Å²) in [6, 6.07) is 4.66. The van der Waals surface area contributed by atoms with Crippen LogP contribution in [0.2, 0.25) is 0 Å². The molecule has 1 saturated heterocycles. The van der Waals surface area contributed by atoms with Crippen LogP contribution in [-0.2, 0) is 16.1 Å². The molecule has 26 heavy (non-hydrogen) atoms. The summed E-state index contributed by atoms with van der Waals surface area (Å²) in [4.78, 5) is 45.2. The number of rotatable bonds is 4. The van der Waals surface area contributed by atoms with Crippen molar-refractivity contribution in [3.63, 3.8) is 0 Å². The smallest absolute Gasteiger partial charge is 0.318 e. The van der Waals surface area contributed by atoms with Crippen LogP contribution in [0.15, 0.2) is 18.2 Å². The number of imidazole rings is 1. The lowest BCUT2D eigenvalue weighted by Crippen LogP contribution is -2.60. The Balaban J connectivity index is 1.66. The van der Waals surface area contributed by atoms with E-state index < -0.39 is 12.1 Å². The third kappa shape index (κ3) is 3.76. The van der Waals surface area contributed by atoms with Gasteiger partial charge in [0, 0.05) is 20.1 Å². The van der Waals surface area contributed by atoms with Crippen molar-refractivity contribution in [1.82, 2.24) is 30.8 Å². The number of carbonyl (C=O) groups excluding carboxylic acids is 3. The molecule has 1 fully saturated rings. The molecule has 138 valence electrons. The average molecular weight is 358 g/mol. The van der Waals surface area contributed by atoms with Gasteiger partial charge in [-0.3, -0.25) is 9.59 Å². The molecular formula is C17H22N6O3. The number of aryl methyl sites for hydroxylation is 1. The maximum Gasteiger partial charge on any atom is 0.318 e. The van der Waals surface area contributed by atoms with Crippen LogP contribution in [0.25, 0.3) is 11.0 Å². The molecule has 0 unspecified atom stereocenters. The van der Waals surface area contributed by atoms with E-state index in [1.165, 1.54) is 11.9 Å². The van der Waals surface area contributed by atoms with E-state index in [4.69, 9.17) is 0 Å². The quantitative estimate of drug-likeness (QED) is 0.616. The zero-order chi connectivity index (χ0) is 18.7. The monoisotopic (exact) mass is 358 g/mol. The van der Waals surface area contributed by atoms with Crippen LogP contribution in [0, 0.1) is 6.92 Å². The number of aromatic nitrogens is 2. The summed E-state index contributed by atoms with van der Waals surface area (Å²) < 4.78 is 0. The normalized spacial score (nSPS) is 17.1. The van der Waals surface area contributed by atoms with Crippen LogP contribution in [0.3, 0.4) is 0 Å². The van der Waals surface area contributed by atoms with Gasteiger partial charge in [0.1, 0.15) is 11.9 Å². The average Bonchev–Trinajstić information content (AvgIpc) is 3.03. The predicted octanol–water partition coefficient (Wildman–Crippen LogP) is 0.0174. The zero-order valence-corrected chi connectivity index (χ0v) is 14.8. The molecule has 2 heterocycles. The van der Waals surface area contributed by atoms with Gasteiger partial charge in [0.15, 0.2) is 0 Å². The number of piperazine rings is 1. The van der Waals surface area contributed by atoms with E-state index in [1.54, 1.807) is 0 Å². The fourth-order valence-electron chi connectivity index (χ4n) is 2.96. The van der Waals surface area contributed by atoms with Gasteiger partial charge in [-0.05, 0) is 24.6 Å². The molecule has 9 heteroatoms. The van der Waals surface area contributed by atoms with Gasteiger partial charge in [0.2, 0.25) is 11.8 Å². The van der Waals surface area contributed by atoms with Crippen molar-refractivity contribution in [2.75, 3.05) is 20.1 Å². The summed E-state index contributed by atoms with van der Waals surface area (Å²) in [5.74, 6) is 0.00924. The fraction of sp³-hybridized carbons (Fsp3) is 0.412. The summed E-state index contributed by atoms with van der Waals surface area (Å²) >= 11 is 0. The second-order valence-electron chi connectivity index (χ2n) is 6.24. The van der Waals surface area contributed by atoms with Crippen molar-refractivity contribution in [3.05, 3.63) is 29.6 Å². The lowest BCUT2D eigenvalue weighted by atomic mass is 10.1. The van der Waals surface area contributed by atoms with Crippen molar-refractivity contribution in [2.24, 2.45) is 0 Å². The molecule has 0 spiro atoms. The Bertz CT molecular complexity index is 846. The highest BCUT2D eigenvalue weighted by Gasteiger charge is 2.34. The van der Waals surface area contributed by atoms with Crippen molar-refractivity contribution in [1.29, 1.82) is 0 Å². The number of hydrogen-bond donors (Lipinski definition) is 4. The van der Waals surface area contributed by atoms with Crippen molar-refractivity contribution in [2.45, 2.75) is 25.9 Å². The number of benzene rings is 1. The minimum atomic E-state index is -0.818. The molecule has 1 aliphatic heterocycles. The van der Waals surface area contributed by atoms with E-state index in [0.717, 1.165) is 16.6 Å². The Hall–Kier alpha value is -3.10. The lowest BCUT2D eigenvalue weighted by Gasteiger charge is -2.34. The minimum absolute atomic E-state index is 0.0698. The zero-order valence-electron chi connectivity index (χ0n) is 14.8. The summed E-state index contributed by atoms with van der Waals surface area (Å²) in [6.45, 7) is 2.91. The van der Waals surface area contributed by atoms with Crippen LogP contribution < -0.4 is 16.0 Å². The molecule has 3 rings (SSSR count). The van der Waals surface area contributed by atoms with Crippen LogP contribution in [0.1, 0.15) is 17.8 Å². The molecule has 1 aliphatic rings. The van der Waals surface area contributed by atoms with Crippen molar-refractivity contribution < 1.29 is 14.4 Å². The molecular weight excluding hydrogens is 336 g/mol. The van der Waals surface area contributed by atoms with Gasteiger partial charge in [-0.15, -0.1) is 0 Å². The molecule has 1 atom stereocenters. The third-order valence-corrected chi connectivity index (χ3v) is 4.34. The number of H-pyrrole nitrogens is 1. The second kappa shape index (κ2) is 7.42. The fourth-order valence-corrected chi connectivity index (χ4v) is 2.96. The molecule has 1 aromatic heterocycles. The summed E-state index contributed by atoms with van der Waals surface area (Å²) in [7, 11) is 1.50. The summed E-state index contributed by atoms with van der Waals surface area (Å²) in [5.41, 5.74) is 2.85. The molecule has 0 radical (unpaired) electrons. The number of aromatic amines is 1. The van der Waals surface area contributed by atoms with Crippen LogP contribution in [0.4, 0.5) is 4.79 Å². The number of urea groups is 1. The van der Waals surface area contributed by atoms with Crippen molar-refractivity contribution >= 4 is 28.9 Å². The number of nitrogens with one attached hydrogen (secondary N) is 4. The molecule has 0 bridgehead atoms.